The predicted molar refractivity (Wildman–Crippen MR) is 59.7 cm³/mol. The van der Waals surface area contributed by atoms with Crippen LogP contribution in [-0.2, 0) is 10.3 Å². The molecular formula is C13H17FO2. The average molecular weight is 224 g/mol. The van der Waals surface area contributed by atoms with Gasteiger partial charge in [0.05, 0.1) is 5.60 Å². The highest BCUT2D eigenvalue weighted by Crippen LogP contribution is 2.32. The van der Waals surface area contributed by atoms with Gasteiger partial charge in [-0.05, 0) is 37.0 Å². The van der Waals surface area contributed by atoms with Gasteiger partial charge in [0, 0.05) is 19.6 Å². The van der Waals surface area contributed by atoms with E-state index in [9.17, 15) is 9.50 Å². The molecule has 1 N–H and O–H groups in total. The Hall–Kier alpha value is -0.930. The molecular weight excluding hydrogens is 207 g/mol. The smallest absolute Gasteiger partial charge is 0.126 e. The van der Waals surface area contributed by atoms with Gasteiger partial charge in [0.1, 0.15) is 5.82 Å². The molecule has 2 rings (SSSR count). The summed E-state index contributed by atoms with van der Waals surface area (Å²) in [5, 5.41) is 10.5. The van der Waals surface area contributed by atoms with E-state index in [1.165, 1.54) is 6.07 Å². The van der Waals surface area contributed by atoms with E-state index >= 15 is 0 Å². The summed E-state index contributed by atoms with van der Waals surface area (Å²) in [5.41, 5.74) is 0.351. The van der Waals surface area contributed by atoms with Crippen molar-refractivity contribution in [1.82, 2.24) is 0 Å². The first-order valence-corrected chi connectivity index (χ1v) is 5.69. The zero-order valence-corrected chi connectivity index (χ0v) is 9.50. The third-order valence-corrected chi connectivity index (χ3v) is 3.25. The molecule has 1 aromatic rings. The van der Waals surface area contributed by atoms with Crippen molar-refractivity contribution in [3.8, 4) is 0 Å². The molecule has 1 saturated heterocycles. The van der Waals surface area contributed by atoms with Gasteiger partial charge < -0.3 is 9.84 Å². The topological polar surface area (TPSA) is 29.5 Å². The molecule has 1 unspecified atom stereocenters. The first-order valence-electron chi connectivity index (χ1n) is 5.69. The maximum absolute atomic E-state index is 13.5. The fourth-order valence-corrected chi connectivity index (χ4v) is 2.11. The van der Waals surface area contributed by atoms with Crippen LogP contribution in [0.15, 0.2) is 18.2 Å². The number of benzene rings is 1. The highest BCUT2D eigenvalue weighted by Gasteiger charge is 2.30. The first-order chi connectivity index (χ1) is 7.62. The Bertz CT molecular complexity index is 368. The van der Waals surface area contributed by atoms with Crippen molar-refractivity contribution in [3.05, 3.63) is 35.1 Å². The maximum Gasteiger partial charge on any atom is 0.126 e. The van der Waals surface area contributed by atoms with Gasteiger partial charge in [-0.1, -0.05) is 12.1 Å². The quantitative estimate of drug-likeness (QED) is 0.794. The fraction of sp³-hybridized carbons (Fsp3) is 0.538. The summed E-state index contributed by atoms with van der Waals surface area (Å²) < 4.78 is 18.8. The fourth-order valence-electron chi connectivity index (χ4n) is 2.11. The van der Waals surface area contributed by atoms with E-state index < -0.39 is 5.60 Å². The SMILES string of the molecule is Cc1ccc(C2(O)CCCOCC2)cc1F. The highest BCUT2D eigenvalue weighted by atomic mass is 19.1. The lowest BCUT2D eigenvalue weighted by Crippen LogP contribution is -2.26. The van der Waals surface area contributed by atoms with Crippen LogP contribution in [0.5, 0.6) is 0 Å². The lowest BCUT2D eigenvalue weighted by molar-refractivity contribution is 0.0141. The average Bonchev–Trinajstić information content (AvgIpc) is 2.48. The number of rotatable bonds is 1. The van der Waals surface area contributed by atoms with Gasteiger partial charge in [0.15, 0.2) is 0 Å². The third-order valence-electron chi connectivity index (χ3n) is 3.25. The Morgan fingerprint density at radius 3 is 2.88 bits per heavy atom. The zero-order chi connectivity index (χ0) is 11.6. The molecule has 0 radical (unpaired) electrons. The molecule has 1 heterocycles. The van der Waals surface area contributed by atoms with Gasteiger partial charge in [-0.3, -0.25) is 0 Å². The second kappa shape index (κ2) is 4.52. The standard InChI is InChI=1S/C13H17FO2/c1-10-3-4-11(9-12(10)14)13(15)5-2-7-16-8-6-13/h3-4,9,15H,2,5-8H2,1H3. The zero-order valence-electron chi connectivity index (χ0n) is 9.50. The summed E-state index contributed by atoms with van der Waals surface area (Å²) in [6.45, 7) is 2.93. The van der Waals surface area contributed by atoms with Crippen LogP contribution in [-0.4, -0.2) is 18.3 Å². The summed E-state index contributed by atoms with van der Waals surface area (Å²) in [4.78, 5) is 0. The summed E-state index contributed by atoms with van der Waals surface area (Å²) in [6.07, 6.45) is 1.98. The molecule has 88 valence electrons. The minimum atomic E-state index is -0.926. The molecule has 3 heteroatoms. The minimum Gasteiger partial charge on any atom is -0.385 e. The Kier molecular flexibility index (Phi) is 3.26. The van der Waals surface area contributed by atoms with E-state index in [0.29, 0.717) is 37.2 Å². The first kappa shape index (κ1) is 11.6. The number of halogens is 1. The van der Waals surface area contributed by atoms with Gasteiger partial charge in [0.2, 0.25) is 0 Å². The van der Waals surface area contributed by atoms with E-state index in [4.69, 9.17) is 4.74 Å². The molecule has 0 spiro atoms. The minimum absolute atomic E-state index is 0.254. The summed E-state index contributed by atoms with van der Waals surface area (Å²) in [7, 11) is 0. The lowest BCUT2D eigenvalue weighted by Gasteiger charge is -2.26. The van der Waals surface area contributed by atoms with Crippen LogP contribution in [0.1, 0.15) is 30.4 Å². The van der Waals surface area contributed by atoms with Crippen molar-refractivity contribution < 1.29 is 14.2 Å². The Morgan fingerprint density at radius 1 is 1.31 bits per heavy atom. The largest absolute Gasteiger partial charge is 0.385 e. The van der Waals surface area contributed by atoms with Crippen LogP contribution >= 0.6 is 0 Å². The van der Waals surface area contributed by atoms with Crippen molar-refractivity contribution in [2.24, 2.45) is 0 Å². The van der Waals surface area contributed by atoms with Crippen LogP contribution in [0.25, 0.3) is 0 Å². The summed E-state index contributed by atoms with van der Waals surface area (Å²) >= 11 is 0. The molecule has 16 heavy (non-hydrogen) atoms. The van der Waals surface area contributed by atoms with Gasteiger partial charge in [0.25, 0.3) is 0 Å². The van der Waals surface area contributed by atoms with Gasteiger partial charge in [-0.15, -0.1) is 0 Å². The van der Waals surface area contributed by atoms with Crippen LogP contribution < -0.4 is 0 Å². The van der Waals surface area contributed by atoms with E-state index in [2.05, 4.69) is 0 Å². The summed E-state index contributed by atoms with van der Waals surface area (Å²) in [6, 6.07) is 4.97. The molecule has 2 nitrogen and oxygen atoms in total. The van der Waals surface area contributed by atoms with Gasteiger partial charge in [-0.2, -0.15) is 0 Å². The molecule has 1 aliphatic rings. The number of hydrogen-bond donors (Lipinski definition) is 1. The highest BCUT2D eigenvalue weighted by molar-refractivity contribution is 5.28. The molecule has 0 amide bonds. The van der Waals surface area contributed by atoms with Crippen molar-refractivity contribution in [2.75, 3.05) is 13.2 Å². The number of aryl methyl sites for hydroxylation is 1. The Balaban J connectivity index is 2.29. The molecule has 1 aromatic carbocycles. The lowest BCUT2D eigenvalue weighted by atomic mass is 9.86. The van der Waals surface area contributed by atoms with Gasteiger partial charge >= 0.3 is 0 Å². The van der Waals surface area contributed by atoms with Crippen LogP contribution in [0.2, 0.25) is 0 Å². The van der Waals surface area contributed by atoms with E-state index in [1.807, 2.05) is 6.07 Å². The molecule has 0 aromatic heterocycles. The van der Waals surface area contributed by atoms with Crippen LogP contribution in [0.3, 0.4) is 0 Å². The maximum atomic E-state index is 13.5. The van der Waals surface area contributed by atoms with Crippen molar-refractivity contribution in [1.29, 1.82) is 0 Å². The van der Waals surface area contributed by atoms with Gasteiger partial charge in [-0.25, -0.2) is 4.39 Å². The van der Waals surface area contributed by atoms with Crippen LogP contribution in [0.4, 0.5) is 4.39 Å². The molecule has 1 aliphatic heterocycles. The monoisotopic (exact) mass is 224 g/mol. The molecule has 1 atom stereocenters. The molecule has 0 saturated carbocycles. The Morgan fingerprint density at radius 2 is 2.12 bits per heavy atom. The van der Waals surface area contributed by atoms with Crippen molar-refractivity contribution in [3.63, 3.8) is 0 Å². The molecule has 0 aliphatic carbocycles. The molecule has 0 bridgehead atoms. The second-order valence-corrected chi connectivity index (χ2v) is 4.46. The predicted octanol–water partition coefficient (Wildman–Crippen LogP) is 2.52. The Labute approximate surface area is 95.1 Å². The number of aliphatic hydroxyl groups is 1. The second-order valence-electron chi connectivity index (χ2n) is 4.46. The number of ether oxygens (including phenoxy) is 1. The van der Waals surface area contributed by atoms with Crippen molar-refractivity contribution >= 4 is 0 Å². The number of hydrogen-bond acceptors (Lipinski definition) is 2. The van der Waals surface area contributed by atoms with E-state index in [0.717, 1.165) is 6.42 Å². The van der Waals surface area contributed by atoms with E-state index in [-0.39, 0.29) is 5.82 Å². The van der Waals surface area contributed by atoms with Crippen LogP contribution in [0, 0.1) is 12.7 Å². The normalized spacial score (nSPS) is 26.4. The molecule has 1 fully saturated rings. The van der Waals surface area contributed by atoms with Crippen molar-refractivity contribution in [2.45, 2.75) is 31.8 Å². The summed E-state index contributed by atoms with van der Waals surface area (Å²) in [5.74, 6) is -0.254. The third kappa shape index (κ3) is 2.25. The van der Waals surface area contributed by atoms with E-state index in [1.54, 1.807) is 13.0 Å².